The molecule has 2 nitrogen and oxygen atoms in total. The molecule has 0 amide bonds. The fourth-order valence-electron chi connectivity index (χ4n) is 5.46. The number of aryl methyl sites for hydroxylation is 3. The second-order valence-electron chi connectivity index (χ2n) is 8.64. The summed E-state index contributed by atoms with van der Waals surface area (Å²) in [4.78, 5) is 0. The molecule has 0 radical (unpaired) electrons. The van der Waals surface area contributed by atoms with E-state index in [0.717, 1.165) is 0 Å². The molecule has 0 N–H and O–H groups in total. The van der Waals surface area contributed by atoms with Crippen LogP contribution in [0.5, 0.6) is 0 Å². The molecule has 0 unspecified atom stereocenters. The Morgan fingerprint density at radius 3 is 2.21 bits per heavy atom. The van der Waals surface area contributed by atoms with Crippen molar-refractivity contribution in [3.05, 3.63) is 70.2 Å². The number of hydrogen-bond acceptors (Lipinski definition) is 0. The standard InChI is InChI=1S/C25H27N2.CH4/c1-14-15(2)17(4)26-18(5)27-24(23(26)16(14)3)21-13-12-19-10-8-9-11-20(19)22(21)25(27,6)7;/h8-13H,1-7H3;1H4/q+1;. The summed E-state index contributed by atoms with van der Waals surface area (Å²) in [5.41, 5.74) is 11.1. The molecule has 0 aliphatic carbocycles. The predicted molar refractivity (Wildman–Crippen MR) is 119 cm³/mol. The normalized spacial score (nSPS) is 14.2. The van der Waals surface area contributed by atoms with Gasteiger partial charge < -0.3 is 0 Å². The second kappa shape index (κ2) is 5.70. The van der Waals surface area contributed by atoms with Crippen LogP contribution in [0.25, 0.3) is 27.5 Å². The topological polar surface area (TPSA) is 8.29 Å². The molecule has 28 heavy (non-hydrogen) atoms. The highest BCUT2D eigenvalue weighted by Gasteiger charge is 2.47. The summed E-state index contributed by atoms with van der Waals surface area (Å²) < 4.78 is 5.05. The Morgan fingerprint density at radius 1 is 0.821 bits per heavy atom. The van der Waals surface area contributed by atoms with E-state index >= 15 is 0 Å². The maximum atomic E-state index is 2.57. The van der Waals surface area contributed by atoms with Gasteiger partial charge in [-0.1, -0.05) is 37.8 Å². The van der Waals surface area contributed by atoms with Crippen LogP contribution in [-0.2, 0) is 5.54 Å². The van der Waals surface area contributed by atoms with Crippen LogP contribution < -0.4 is 4.57 Å². The van der Waals surface area contributed by atoms with E-state index in [2.05, 4.69) is 93.8 Å². The summed E-state index contributed by atoms with van der Waals surface area (Å²) in [7, 11) is 0. The summed E-state index contributed by atoms with van der Waals surface area (Å²) in [6, 6.07) is 13.4. The van der Waals surface area contributed by atoms with Crippen molar-refractivity contribution in [2.75, 3.05) is 0 Å². The lowest BCUT2D eigenvalue weighted by Crippen LogP contribution is -2.51. The van der Waals surface area contributed by atoms with E-state index in [0.29, 0.717) is 0 Å². The first-order chi connectivity index (χ1) is 12.8. The molecule has 0 saturated heterocycles. The fraction of sp³-hybridized carbons (Fsp3) is 0.346. The van der Waals surface area contributed by atoms with Crippen molar-refractivity contribution in [3.8, 4) is 11.3 Å². The molecule has 5 rings (SSSR count). The Bertz CT molecular complexity index is 1290. The van der Waals surface area contributed by atoms with E-state index in [1.165, 1.54) is 61.3 Å². The lowest BCUT2D eigenvalue weighted by molar-refractivity contribution is -0.735. The quantitative estimate of drug-likeness (QED) is 0.320. The molecular formula is C26H31N2+. The number of rotatable bonds is 0. The van der Waals surface area contributed by atoms with Crippen LogP contribution in [0.3, 0.4) is 0 Å². The van der Waals surface area contributed by atoms with E-state index in [4.69, 9.17) is 0 Å². The Hall–Kier alpha value is -2.61. The average molecular weight is 372 g/mol. The van der Waals surface area contributed by atoms with Crippen LogP contribution in [0, 0.1) is 34.6 Å². The summed E-state index contributed by atoms with van der Waals surface area (Å²) >= 11 is 0. The third-order valence-corrected chi connectivity index (χ3v) is 7.03. The summed E-state index contributed by atoms with van der Waals surface area (Å²) in [6.45, 7) is 16.1. The van der Waals surface area contributed by atoms with E-state index in [-0.39, 0.29) is 13.0 Å². The van der Waals surface area contributed by atoms with Gasteiger partial charge in [-0.3, -0.25) is 0 Å². The van der Waals surface area contributed by atoms with E-state index in [9.17, 15) is 0 Å². The van der Waals surface area contributed by atoms with Gasteiger partial charge in [-0.05, 0) is 69.5 Å². The first-order valence-electron chi connectivity index (χ1n) is 9.83. The number of pyridine rings is 1. The number of aromatic nitrogens is 2. The van der Waals surface area contributed by atoms with Gasteiger partial charge in [-0.25, -0.2) is 4.57 Å². The van der Waals surface area contributed by atoms with Crippen molar-refractivity contribution >= 4 is 16.3 Å². The van der Waals surface area contributed by atoms with Gasteiger partial charge in [0.2, 0.25) is 0 Å². The molecule has 0 spiro atoms. The minimum Gasteiger partial charge on any atom is -0.217 e. The van der Waals surface area contributed by atoms with Crippen molar-refractivity contribution in [2.45, 2.75) is 61.4 Å². The summed E-state index contributed by atoms with van der Waals surface area (Å²) in [5, 5.41) is 2.70. The molecule has 2 aromatic carbocycles. The molecule has 144 valence electrons. The smallest absolute Gasteiger partial charge is 0.217 e. The lowest BCUT2D eigenvalue weighted by atomic mass is 9.87. The molecule has 2 heteroatoms. The van der Waals surface area contributed by atoms with Crippen LogP contribution in [-0.4, -0.2) is 4.40 Å². The monoisotopic (exact) mass is 371 g/mol. The van der Waals surface area contributed by atoms with E-state index in [1.807, 2.05) is 0 Å². The first-order valence-corrected chi connectivity index (χ1v) is 9.83. The van der Waals surface area contributed by atoms with Crippen LogP contribution >= 0.6 is 0 Å². The number of benzene rings is 2. The second-order valence-corrected chi connectivity index (χ2v) is 8.64. The molecule has 0 saturated carbocycles. The molecule has 0 fully saturated rings. The minimum atomic E-state index is -0.0810. The maximum absolute atomic E-state index is 2.57. The lowest BCUT2D eigenvalue weighted by Gasteiger charge is -2.20. The number of hydrogen-bond donors (Lipinski definition) is 0. The van der Waals surface area contributed by atoms with Crippen molar-refractivity contribution in [1.29, 1.82) is 0 Å². The van der Waals surface area contributed by atoms with Crippen molar-refractivity contribution in [3.63, 3.8) is 0 Å². The highest BCUT2D eigenvalue weighted by molar-refractivity contribution is 5.96. The fourth-order valence-corrected chi connectivity index (χ4v) is 5.46. The third-order valence-electron chi connectivity index (χ3n) is 7.03. The molecule has 2 aromatic heterocycles. The molecule has 4 aromatic rings. The highest BCUT2D eigenvalue weighted by Crippen LogP contribution is 2.45. The van der Waals surface area contributed by atoms with Gasteiger partial charge >= 0.3 is 0 Å². The van der Waals surface area contributed by atoms with Gasteiger partial charge in [-0.2, -0.15) is 4.40 Å². The molecule has 1 aliphatic rings. The van der Waals surface area contributed by atoms with E-state index < -0.39 is 0 Å². The zero-order valence-corrected chi connectivity index (χ0v) is 17.4. The SMILES string of the molecule is C.Cc1c(C)c(C)n2c(C)[n+]3c(c2c1C)-c1ccc2ccccc2c1C3(C)C. The molecule has 0 atom stereocenters. The summed E-state index contributed by atoms with van der Waals surface area (Å²) in [5.74, 6) is 1.31. The predicted octanol–water partition coefficient (Wildman–Crippen LogP) is 6.32. The number of nitrogens with zero attached hydrogens (tertiary/aromatic N) is 2. The Balaban J connectivity index is 0.00000192. The van der Waals surface area contributed by atoms with Gasteiger partial charge in [0.15, 0.2) is 11.2 Å². The number of fused-ring (bicyclic) bond motifs is 7. The van der Waals surface area contributed by atoms with Crippen LogP contribution in [0.15, 0.2) is 36.4 Å². The van der Waals surface area contributed by atoms with Gasteiger partial charge in [0.25, 0.3) is 5.82 Å². The average Bonchev–Trinajstić information content (AvgIpc) is 3.09. The van der Waals surface area contributed by atoms with Crippen LogP contribution in [0.1, 0.15) is 55.0 Å². The van der Waals surface area contributed by atoms with Crippen molar-refractivity contribution in [2.24, 2.45) is 0 Å². The molecule has 1 aliphatic heterocycles. The van der Waals surface area contributed by atoms with Crippen LogP contribution in [0.4, 0.5) is 0 Å². The van der Waals surface area contributed by atoms with E-state index in [1.54, 1.807) is 0 Å². The van der Waals surface area contributed by atoms with Crippen molar-refractivity contribution in [1.82, 2.24) is 4.40 Å². The highest BCUT2D eigenvalue weighted by atomic mass is 15.2. The zero-order valence-electron chi connectivity index (χ0n) is 17.4. The summed E-state index contributed by atoms with van der Waals surface area (Å²) in [6.07, 6.45) is 0. The van der Waals surface area contributed by atoms with Crippen molar-refractivity contribution < 1.29 is 4.57 Å². The largest absolute Gasteiger partial charge is 0.259 e. The van der Waals surface area contributed by atoms with Crippen LogP contribution in [0.2, 0.25) is 0 Å². The Labute approximate surface area is 168 Å². The Morgan fingerprint density at radius 2 is 1.50 bits per heavy atom. The Kier molecular flexibility index (Phi) is 3.81. The third kappa shape index (κ3) is 1.96. The zero-order chi connectivity index (χ0) is 19.2. The van der Waals surface area contributed by atoms with Gasteiger partial charge in [-0.15, -0.1) is 0 Å². The minimum absolute atomic E-state index is 0. The molecular weight excluding hydrogens is 340 g/mol. The first kappa shape index (κ1) is 18.7. The molecule has 0 bridgehead atoms. The van der Waals surface area contributed by atoms with Gasteiger partial charge in [0.1, 0.15) is 11.2 Å². The maximum Gasteiger partial charge on any atom is 0.259 e. The molecule has 3 heterocycles. The number of imidazole rings is 1. The van der Waals surface area contributed by atoms with Gasteiger partial charge in [0.05, 0.1) is 0 Å². The van der Waals surface area contributed by atoms with Gasteiger partial charge in [0, 0.05) is 23.6 Å².